The van der Waals surface area contributed by atoms with Crippen molar-refractivity contribution >= 4 is 46.2 Å². The highest BCUT2D eigenvalue weighted by atomic mass is 35.5. The van der Waals surface area contributed by atoms with Crippen LogP contribution in [0.2, 0.25) is 10.0 Å². The van der Waals surface area contributed by atoms with Gasteiger partial charge in [0.25, 0.3) is 5.91 Å². The minimum absolute atomic E-state index is 0.343. The van der Waals surface area contributed by atoms with E-state index < -0.39 is 6.10 Å². The number of hydrogen-bond acceptors (Lipinski definition) is 3. The molecule has 26 heavy (non-hydrogen) atoms. The third-order valence-corrected chi connectivity index (χ3v) is 4.41. The normalized spacial score (nSPS) is 12.5. The predicted octanol–water partition coefficient (Wildman–Crippen LogP) is 4.70. The number of nitrogens with one attached hydrogen (secondary N) is 2. The molecule has 0 aliphatic carbocycles. The van der Waals surface area contributed by atoms with Gasteiger partial charge in [0.15, 0.2) is 6.10 Å². The van der Waals surface area contributed by atoms with Crippen molar-refractivity contribution in [3.8, 4) is 5.75 Å². The van der Waals surface area contributed by atoms with Crippen LogP contribution in [0.4, 0.5) is 0 Å². The molecule has 5 nitrogen and oxygen atoms in total. The summed E-state index contributed by atoms with van der Waals surface area (Å²) in [6.45, 7) is 3.57. The van der Waals surface area contributed by atoms with Gasteiger partial charge in [-0.2, -0.15) is 5.10 Å². The van der Waals surface area contributed by atoms with Crippen LogP contribution in [0.5, 0.6) is 5.75 Å². The number of carbonyl (C=O) groups is 1. The number of halogens is 2. The lowest BCUT2D eigenvalue weighted by molar-refractivity contribution is -0.127. The van der Waals surface area contributed by atoms with Crippen LogP contribution in [-0.4, -0.2) is 23.2 Å². The zero-order chi connectivity index (χ0) is 18.7. The van der Waals surface area contributed by atoms with Gasteiger partial charge in [0, 0.05) is 27.2 Å². The second-order valence-corrected chi connectivity index (χ2v) is 6.62. The van der Waals surface area contributed by atoms with Gasteiger partial charge in [0.05, 0.1) is 11.2 Å². The summed E-state index contributed by atoms with van der Waals surface area (Å²) in [6, 6.07) is 12.7. The van der Waals surface area contributed by atoms with Crippen LogP contribution in [0.1, 0.15) is 18.2 Å². The van der Waals surface area contributed by atoms with Crippen LogP contribution in [0, 0.1) is 6.92 Å². The first kappa shape index (κ1) is 18.3. The molecule has 0 saturated carbocycles. The summed E-state index contributed by atoms with van der Waals surface area (Å²) in [4.78, 5) is 15.5. The molecule has 2 N–H and O–H groups in total. The molecule has 1 atom stereocenters. The van der Waals surface area contributed by atoms with E-state index in [0.29, 0.717) is 15.8 Å². The number of aryl methyl sites for hydroxylation is 1. The van der Waals surface area contributed by atoms with Gasteiger partial charge in [-0.3, -0.25) is 4.79 Å². The van der Waals surface area contributed by atoms with E-state index in [0.717, 1.165) is 22.2 Å². The Morgan fingerprint density at radius 2 is 2.04 bits per heavy atom. The molecule has 3 aromatic rings. The lowest BCUT2D eigenvalue weighted by Crippen LogP contribution is -2.33. The molecule has 0 bridgehead atoms. The van der Waals surface area contributed by atoms with Gasteiger partial charge < -0.3 is 9.72 Å². The van der Waals surface area contributed by atoms with Crippen LogP contribution in [0.25, 0.3) is 10.9 Å². The second-order valence-electron chi connectivity index (χ2n) is 5.78. The number of amides is 1. The van der Waals surface area contributed by atoms with Crippen molar-refractivity contribution in [2.45, 2.75) is 20.0 Å². The highest BCUT2D eigenvalue weighted by Gasteiger charge is 2.16. The quantitative estimate of drug-likeness (QED) is 0.490. The van der Waals surface area contributed by atoms with Crippen molar-refractivity contribution in [1.29, 1.82) is 0 Å². The lowest BCUT2D eigenvalue weighted by Gasteiger charge is -2.14. The maximum atomic E-state index is 12.2. The number of benzene rings is 2. The first-order valence-corrected chi connectivity index (χ1v) is 8.73. The largest absolute Gasteiger partial charge is 0.479 e. The molecule has 1 heterocycles. The summed E-state index contributed by atoms with van der Waals surface area (Å²) >= 11 is 11.9. The fourth-order valence-electron chi connectivity index (χ4n) is 2.53. The van der Waals surface area contributed by atoms with E-state index in [4.69, 9.17) is 27.9 Å². The molecule has 1 amide bonds. The number of rotatable bonds is 5. The van der Waals surface area contributed by atoms with Crippen molar-refractivity contribution < 1.29 is 9.53 Å². The Morgan fingerprint density at radius 1 is 1.27 bits per heavy atom. The Labute approximate surface area is 161 Å². The number of hydrazone groups is 1. The van der Waals surface area contributed by atoms with E-state index in [9.17, 15) is 4.79 Å². The van der Waals surface area contributed by atoms with Crippen molar-refractivity contribution in [2.24, 2.45) is 5.10 Å². The SMILES string of the molecule is Cc1[nH]c2ccccc2c1/C=N/NC(=O)C(C)Oc1ccc(Cl)cc1Cl. The molecule has 0 radical (unpaired) electrons. The molecule has 0 fully saturated rings. The van der Waals surface area contributed by atoms with Crippen molar-refractivity contribution in [1.82, 2.24) is 10.4 Å². The summed E-state index contributed by atoms with van der Waals surface area (Å²) < 4.78 is 5.56. The van der Waals surface area contributed by atoms with Crippen LogP contribution >= 0.6 is 23.2 Å². The third kappa shape index (κ3) is 4.00. The van der Waals surface area contributed by atoms with Crippen molar-refractivity contribution in [3.05, 3.63) is 63.8 Å². The van der Waals surface area contributed by atoms with Crippen LogP contribution in [-0.2, 0) is 4.79 Å². The Kier molecular flexibility index (Phi) is 5.49. The molecule has 1 unspecified atom stereocenters. The van der Waals surface area contributed by atoms with E-state index in [1.165, 1.54) is 0 Å². The number of para-hydroxylation sites is 1. The van der Waals surface area contributed by atoms with Gasteiger partial charge >= 0.3 is 0 Å². The molecule has 2 aromatic carbocycles. The molecular weight excluding hydrogens is 373 g/mol. The number of nitrogens with zero attached hydrogens (tertiary/aromatic N) is 1. The Hall–Kier alpha value is -2.50. The highest BCUT2D eigenvalue weighted by Crippen LogP contribution is 2.28. The van der Waals surface area contributed by atoms with Gasteiger partial charge in [-0.1, -0.05) is 41.4 Å². The fraction of sp³-hybridized carbons (Fsp3) is 0.158. The Morgan fingerprint density at radius 3 is 2.81 bits per heavy atom. The van der Waals surface area contributed by atoms with E-state index in [1.807, 2.05) is 31.2 Å². The number of aromatic nitrogens is 1. The molecule has 0 saturated heterocycles. The van der Waals surface area contributed by atoms with Crippen LogP contribution in [0.3, 0.4) is 0 Å². The zero-order valence-electron chi connectivity index (χ0n) is 14.2. The monoisotopic (exact) mass is 389 g/mol. The smallest absolute Gasteiger partial charge is 0.280 e. The van der Waals surface area contributed by atoms with E-state index in [-0.39, 0.29) is 5.91 Å². The minimum atomic E-state index is -0.769. The van der Waals surface area contributed by atoms with Crippen molar-refractivity contribution in [2.75, 3.05) is 0 Å². The number of H-pyrrole nitrogens is 1. The first-order valence-electron chi connectivity index (χ1n) is 7.97. The third-order valence-electron chi connectivity index (χ3n) is 3.88. The fourth-order valence-corrected chi connectivity index (χ4v) is 2.98. The molecule has 0 spiro atoms. The summed E-state index contributed by atoms with van der Waals surface area (Å²) in [7, 11) is 0. The lowest BCUT2D eigenvalue weighted by atomic mass is 10.1. The standard InChI is InChI=1S/C19H17Cl2N3O2/c1-11-15(14-5-3-4-6-17(14)23-11)10-22-24-19(25)12(2)26-18-8-7-13(20)9-16(18)21/h3-10,12,23H,1-2H3,(H,24,25)/b22-10+. The van der Waals surface area contributed by atoms with E-state index in [1.54, 1.807) is 31.3 Å². The number of hydrogen-bond donors (Lipinski definition) is 2. The summed E-state index contributed by atoms with van der Waals surface area (Å²) in [5.74, 6) is -0.0000645. The predicted molar refractivity (Wildman–Crippen MR) is 105 cm³/mol. The van der Waals surface area contributed by atoms with Gasteiger partial charge in [0.2, 0.25) is 0 Å². The van der Waals surface area contributed by atoms with Crippen molar-refractivity contribution in [3.63, 3.8) is 0 Å². The number of ether oxygens (including phenoxy) is 1. The molecule has 3 rings (SSSR count). The average molecular weight is 390 g/mol. The molecule has 0 aliphatic rings. The molecular formula is C19H17Cl2N3O2. The van der Waals surface area contributed by atoms with Gasteiger partial charge in [0.1, 0.15) is 5.75 Å². The van der Waals surface area contributed by atoms with Gasteiger partial charge in [-0.25, -0.2) is 5.43 Å². The number of aromatic amines is 1. The Bertz CT molecular complexity index is 982. The molecule has 1 aromatic heterocycles. The number of fused-ring (bicyclic) bond motifs is 1. The minimum Gasteiger partial charge on any atom is -0.479 e. The van der Waals surface area contributed by atoms with E-state index in [2.05, 4.69) is 15.5 Å². The average Bonchev–Trinajstić information content (AvgIpc) is 2.93. The molecule has 0 aliphatic heterocycles. The van der Waals surface area contributed by atoms with E-state index >= 15 is 0 Å². The maximum Gasteiger partial charge on any atom is 0.280 e. The zero-order valence-corrected chi connectivity index (χ0v) is 15.7. The molecule has 134 valence electrons. The number of carbonyl (C=O) groups excluding carboxylic acids is 1. The maximum absolute atomic E-state index is 12.2. The topological polar surface area (TPSA) is 66.5 Å². The van der Waals surface area contributed by atoms with Crippen LogP contribution in [0.15, 0.2) is 47.6 Å². The summed E-state index contributed by atoms with van der Waals surface area (Å²) in [5.41, 5.74) is 5.41. The highest BCUT2D eigenvalue weighted by molar-refractivity contribution is 6.35. The molecule has 7 heteroatoms. The summed E-state index contributed by atoms with van der Waals surface area (Å²) in [5, 5.41) is 5.93. The summed E-state index contributed by atoms with van der Waals surface area (Å²) in [6.07, 6.45) is 0.850. The Balaban J connectivity index is 1.66. The second kappa shape index (κ2) is 7.81. The van der Waals surface area contributed by atoms with Crippen LogP contribution < -0.4 is 10.2 Å². The van der Waals surface area contributed by atoms with Gasteiger partial charge in [-0.05, 0) is 38.1 Å². The first-order chi connectivity index (χ1) is 12.5. The van der Waals surface area contributed by atoms with Gasteiger partial charge in [-0.15, -0.1) is 0 Å².